The first-order valence-electron chi connectivity index (χ1n) is 10.1. The summed E-state index contributed by atoms with van der Waals surface area (Å²) in [5.74, 6) is 0.922. The molecule has 0 amide bonds. The Hall–Kier alpha value is -1.40. The Morgan fingerprint density at radius 2 is 2.04 bits per heavy atom. The van der Waals surface area contributed by atoms with E-state index in [1.807, 2.05) is 18.8 Å². The molecule has 6 heteroatoms. The zero-order valence-corrected chi connectivity index (χ0v) is 17.8. The van der Waals surface area contributed by atoms with Crippen molar-refractivity contribution < 1.29 is 4.74 Å². The van der Waals surface area contributed by atoms with E-state index in [9.17, 15) is 0 Å². The van der Waals surface area contributed by atoms with Crippen LogP contribution in [0.25, 0.3) is 0 Å². The number of ether oxygens (including phenoxy) is 1. The lowest BCUT2D eigenvalue weighted by atomic mass is 9.99. The highest BCUT2D eigenvalue weighted by Crippen LogP contribution is 2.33. The van der Waals surface area contributed by atoms with Gasteiger partial charge in [0.15, 0.2) is 5.96 Å². The monoisotopic (exact) mass is 390 g/mol. The number of nitrogens with zero attached hydrogens (tertiary/aromatic N) is 2. The van der Waals surface area contributed by atoms with Crippen molar-refractivity contribution in [1.29, 1.82) is 0 Å². The average Bonchev–Trinajstić information content (AvgIpc) is 2.72. The number of rotatable bonds is 5. The lowest BCUT2D eigenvalue weighted by Crippen LogP contribution is -2.53. The van der Waals surface area contributed by atoms with Crippen LogP contribution >= 0.6 is 11.8 Å². The molecule has 150 valence electrons. The van der Waals surface area contributed by atoms with Crippen molar-refractivity contribution in [3.8, 4) is 0 Å². The molecule has 2 N–H and O–H groups in total. The fourth-order valence-corrected chi connectivity index (χ4v) is 4.71. The van der Waals surface area contributed by atoms with E-state index in [2.05, 4.69) is 58.0 Å². The van der Waals surface area contributed by atoms with Gasteiger partial charge in [-0.3, -0.25) is 4.99 Å². The van der Waals surface area contributed by atoms with E-state index in [1.165, 1.54) is 24.1 Å². The average molecular weight is 391 g/mol. The van der Waals surface area contributed by atoms with E-state index < -0.39 is 0 Å². The van der Waals surface area contributed by atoms with E-state index in [4.69, 9.17) is 4.74 Å². The van der Waals surface area contributed by atoms with E-state index in [-0.39, 0.29) is 4.75 Å². The van der Waals surface area contributed by atoms with Crippen molar-refractivity contribution >= 4 is 23.4 Å². The molecule has 2 aliphatic rings. The quantitative estimate of drug-likeness (QED) is 0.598. The van der Waals surface area contributed by atoms with Gasteiger partial charge in [0.1, 0.15) is 0 Å². The normalized spacial score (nSPS) is 23.1. The zero-order chi connectivity index (χ0) is 19.1. The van der Waals surface area contributed by atoms with Crippen molar-refractivity contribution in [3.05, 3.63) is 29.8 Å². The van der Waals surface area contributed by atoms with Crippen LogP contribution in [-0.2, 0) is 4.74 Å². The molecule has 5 nitrogen and oxygen atoms in total. The maximum Gasteiger partial charge on any atom is 0.191 e. The highest BCUT2D eigenvalue weighted by atomic mass is 32.2. The van der Waals surface area contributed by atoms with Crippen LogP contribution in [0.3, 0.4) is 0 Å². The van der Waals surface area contributed by atoms with Crippen LogP contribution in [0.2, 0.25) is 0 Å². The largest absolute Gasteiger partial charge is 0.381 e. The summed E-state index contributed by atoms with van der Waals surface area (Å²) in [5, 5.41) is 7.24. The number of thioether (sulfide) groups is 1. The highest BCUT2D eigenvalue weighted by molar-refractivity contribution is 8.00. The van der Waals surface area contributed by atoms with Gasteiger partial charge >= 0.3 is 0 Å². The van der Waals surface area contributed by atoms with Crippen molar-refractivity contribution in [3.63, 3.8) is 0 Å². The van der Waals surface area contributed by atoms with E-state index >= 15 is 0 Å². The molecular weight excluding hydrogens is 356 g/mol. The standard InChI is InChI=1S/C21H34N4OS/c1-17-6-8-19(9-7-17)25-12-4-5-18(15-25)24-20(22-2)23-16-21(27-3)10-13-26-14-11-21/h6-9,18H,4-5,10-16H2,1-3H3,(H2,22,23,24). The van der Waals surface area contributed by atoms with Gasteiger partial charge in [-0.15, -0.1) is 0 Å². The molecule has 0 bridgehead atoms. The van der Waals surface area contributed by atoms with E-state index in [0.29, 0.717) is 6.04 Å². The van der Waals surface area contributed by atoms with Crippen molar-refractivity contribution in [1.82, 2.24) is 10.6 Å². The fraction of sp³-hybridized carbons (Fsp3) is 0.667. The topological polar surface area (TPSA) is 48.9 Å². The summed E-state index contributed by atoms with van der Waals surface area (Å²) in [6.07, 6.45) is 6.80. The minimum Gasteiger partial charge on any atom is -0.381 e. The summed E-state index contributed by atoms with van der Waals surface area (Å²) in [6, 6.07) is 9.29. The smallest absolute Gasteiger partial charge is 0.191 e. The maximum atomic E-state index is 5.55. The van der Waals surface area contributed by atoms with Crippen molar-refractivity contribution in [2.45, 2.75) is 43.4 Å². The number of piperidine rings is 1. The Balaban J connectivity index is 1.53. The SMILES string of the molecule is CN=C(NCC1(SC)CCOCC1)NC1CCCN(c2ccc(C)cc2)C1. The number of benzene rings is 1. The predicted molar refractivity (Wildman–Crippen MR) is 117 cm³/mol. The number of hydrogen-bond donors (Lipinski definition) is 2. The molecule has 0 radical (unpaired) electrons. The molecule has 2 aliphatic heterocycles. The molecule has 0 aromatic heterocycles. The molecule has 2 fully saturated rings. The van der Waals surface area contributed by atoms with Gasteiger partial charge in [-0.1, -0.05) is 17.7 Å². The Labute approximate surface area is 168 Å². The van der Waals surface area contributed by atoms with Gasteiger partial charge in [-0.05, 0) is 51.0 Å². The maximum absolute atomic E-state index is 5.55. The van der Waals surface area contributed by atoms with Crippen LogP contribution in [-0.4, -0.2) is 62.9 Å². The molecule has 2 heterocycles. The van der Waals surface area contributed by atoms with Gasteiger partial charge in [0.05, 0.1) is 0 Å². The second kappa shape index (κ2) is 9.69. The molecule has 0 spiro atoms. The number of hydrogen-bond acceptors (Lipinski definition) is 4. The van der Waals surface area contributed by atoms with E-state index in [1.54, 1.807) is 0 Å². The third-order valence-electron chi connectivity index (χ3n) is 5.80. The molecule has 2 saturated heterocycles. The van der Waals surface area contributed by atoms with Crippen molar-refractivity contribution in [2.24, 2.45) is 4.99 Å². The van der Waals surface area contributed by atoms with Crippen LogP contribution in [0.5, 0.6) is 0 Å². The lowest BCUT2D eigenvalue weighted by molar-refractivity contribution is 0.0782. The summed E-state index contributed by atoms with van der Waals surface area (Å²) in [4.78, 5) is 6.96. The molecular formula is C21H34N4OS. The number of aliphatic imine (C=N–C) groups is 1. The first kappa shape index (κ1) is 20.3. The van der Waals surface area contributed by atoms with Gasteiger partial charge in [0.25, 0.3) is 0 Å². The lowest BCUT2D eigenvalue weighted by Gasteiger charge is -2.38. The number of nitrogens with one attached hydrogen (secondary N) is 2. The van der Waals surface area contributed by atoms with Crippen LogP contribution in [0.1, 0.15) is 31.2 Å². The van der Waals surface area contributed by atoms with E-state index in [0.717, 1.165) is 51.6 Å². The first-order valence-corrected chi connectivity index (χ1v) is 11.3. The summed E-state index contributed by atoms with van der Waals surface area (Å²) in [6.45, 7) is 6.95. The Morgan fingerprint density at radius 1 is 1.30 bits per heavy atom. The minimum absolute atomic E-state index is 0.260. The number of anilines is 1. The molecule has 3 rings (SSSR count). The van der Waals surface area contributed by atoms with Gasteiger partial charge in [-0.2, -0.15) is 11.8 Å². The molecule has 0 saturated carbocycles. The second-order valence-electron chi connectivity index (χ2n) is 7.69. The van der Waals surface area contributed by atoms with Gasteiger partial charge in [0.2, 0.25) is 0 Å². The highest BCUT2D eigenvalue weighted by Gasteiger charge is 2.32. The van der Waals surface area contributed by atoms with Crippen LogP contribution < -0.4 is 15.5 Å². The Bertz CT molecular complexity index is 613. The summed E-state index contributed by atoms with van der Waals surface area (Å²) in [7, 11) is 1.87. The molecule has 1 unspecified atom stereocenters. The van der Waals surface area contributed by atoms with Gasteiger partial charge < -0.3 is 20.3 Å². The molecule has 1 aromatic rings. The zero-order valence-electron chi connectivity index (χ0n) is 17.0. The third-order valence-corrected chi connectivity index (χ3v) is 7.22. The van der Waals surface area contributed by atoms with Gasteiger partial charge in [-0.25, -0.2) is 0 Å². The first-order chi connectivity index (χ1) is 13.1. The summed E-state index contributed by atoms with van der Waals surface area (Å²) < 4.78 is 5.81. The molecule has 1 aromatic carbocycles. The van der Waals surface area contributed by atoms with Crippen LogP contribution in [0, 0.1) is 6.92 Å². The van der Waals surface area contributed by atoms with Crippen LogP contribution in [0.15, 0.2) is 29.3 Å². The molecule has 27 heavy (non-hydrogen) atoms. The molecule has 0 aliphatic carbocycles. The fourth-order valence-electron chi connectivity index (χ4n) is 3.91. The number of aryl methyl sites for hydroxylation is 1. The van der Waals surface area contributed by atoms with Crippen LogP contribution in [0.4, 0.5) is 5.69 Å². The predicted octanol–water partition coefficient (Wildman–Crippen LogP) is 3.04. The Kier molecular flexibility index (Phi) is 7.30. The summed E-state index contributed by atoms with van der Waals surface area (Å²) in [5.41, 5.74) is 2.63. The third kappa shape index (κ3) is 5.55. The second-order valence-corrected chi connectivity index (χ2v) is 8.96. The van der Waals surface area contributed by atoms with Crippen molar-refractivity contribution in [2.75, 3.05) is 51.1 Å². The summed E-state index contributed by atoms with van der Waals surface area (Å²) >= 11 is 1.96. The minimum atomic E-state index is 0.260. The van der Waals surface area contributed by atoms with Gasteiger partial charge in [0, 0.05) is 56.4 Å². The Morgan fingerprint density at radius 3 is 2.70 bits per heavy atom. The molecule has 1 atom stereocenters. The number of guanidine groups is 1.